The van der Waals surface area contributed by atoms with Crippen molar-refractivity contribution < 1.29 is 26.3 Å². The summed E-state index contributed by atoms with van der Waals surface area (Å²) in [6, 6.07) is 3.98. The Labute approximate surface area is 142 Å². The van der Waals surface area contributed by atoms with E-state index in [0.29, 0.717) is 11.5 Å². The van der Waals surface area contributed by atoms with Crippen LogP contribution >= 0.6 is 0 Å². The van der Waals surface area contributed by atoms with Gasteiger partial charge in [0.15, 0.2) is 31.2 Å². The minimum absolute atomic E-state index is 0.0462. The molecule has 0 spiro atoms. The fourth-order valence-electron chi connectivity index (χ4n) is 3.00. The molecule has 2 fully saturated rings. The normalized spacial score (nSPS) is 26.2. The maximum atomic E-state index is 13.0. The van der Waals surface area contributed by atoms with Gasteiger partial charge in [-0.1, -0.05) is 0 Å². The first-order chi connectivity index (χ1) is 11.3. The molecule has 0 aromatic heterocycles. The Morgan fingerprint density at radius 3 is 2.33 bits per heavy atom. The van der Waals surface area contributed by atoms with Crippen LogP contribution < -0.4 is 14.8 Å². The molecule has 1 saturated heterocycles. The van der Waals surface area contributed by atoms with Gasteiger partial charge in [-0.3, -0.25) is 0 Å². The number of hydrogen-bond donors (Lipinski definition) is 1. The van der Waals surface area contributed by atoms with E-state index in [4.69, 9.17) is 9.47 Å². The smallest absolute Gasteiger partial charge is 0.183 e. The molecule has 9 heteroatoms. The van der Waals surface area contributed by atoms with Gasteiger partial charge in [0, 0.05) is 18.2 Å². The Morgan fingerprint density at radius 1 is 1.08 bits per heavy atom. The summed E-state index contributed by atoms with van der Waals surface area (Å²) in [5.74, 6) is 0.226. The lowest BCUT2D eigenvalue weighted by Crippen LogP contribution is -2.44. The maximum Gasteiger partial charge on any atom is 0.183 e. The first kappa shape index (κ1) is 17.5. The Morgan fingerprint density at radius 2 is 1.75 bits per heavy atom. The molecule has 1 saturated carbocycles. The van der Waals surface area contributed by atoms with Gasteiger partial charge < -0.3 is 14.8 Å². The highest BCUT2D eigenvalue weighted by molar-refractivity contribution is 7.96. The summed E-state index contributed by atoms with van der Waals surface area (Å²) < 4.78 is 60.3. The fraction of sp³-hybridized carbons (Fsp3) is 0.600. The molecular formula is C15H21NO6S2. The van der Waals surface area contributed by atoms with Gasteiger partial charge in [0.1, 0.15) is 0 Å². The van der Waals surface area contributed by atoms with Gasteiger partial charge in [0.05, 0.1) is 35.9 Å². The van der Waals surface area contributed by atoms with Crippen molar-refractivity contribution in [2.24, 2.45) is 0 Å². The monoisotopic (exact) mass is 375 g/mol. The summed E-state index contributed by atoms with van der Waals surface area (Å²) in [6.07, 6.45) is 1.92. The maximum absolute atomic E-state index is 13.0. The van der Waals surface area contributed by atoms with Crippen LogP contribution in [0.5, 0.6) is 11.5 Å². The number of nitrogens with one attached hydrogen (secondary N) is 1. The van der Waals surface area contributed by atoms with Crippen molar-refractivity contribution in [1.82, 2.24) is 5.32 Å². The number of benzene rings is 1. The number of sulfone groups is 2. The summed E-state index contributed by atoms with van der Waals surface area (Å²) in [4.78, 5) is 0.0462. The lowest BCUT2D eigenvalue weighted by atomic mass is 10.2. The van der Waals surface area contributed by atoms with Crippen molar-refractivity contribution in [3.63, 3.8) is 0 Å². The number of ether oxygens (including phenoxy) is 2. The molecule has 0 amide bonds. The van der Waals surface area contributed by atoms with E-state index >= 15 is 0 Å². The van der Waals surface area contributed by atoms with Crippen LogP contribution in [0.3, 0.4) is 0 Å². The van der Waals surface area contributed by atoms with Gasteiger partial charge in [-0.15, -0.1) is 0 Å². The first-order valence-electron chi connectivity index (χ1n) is 7.69. The molecule has 0 unspecified atom stereocenters. The standard InChI is InChI=1S/C15H21NO6S2/c1-21-13-6-5-11(7-14(13)22-2)24(19,20)15-9-23(17,18)8-12(15)16-10-3-4-10/h5-7,10,12,15-16H,3-4,8-9H2,1-2H3/t12-,15-/m0/s1. The van der Waals surface area contributed by atoms with Gasteiger partial charge in [0.2, 0.25) is 0 Å². The van der Waals surface area contributed by atoms with E-state index in [0.717, 1.165) is 12.8 Å². The second kappa shape index (κ2) is 6.20. The predicted molar refractivity (Wildman–Crippen MR) is 89.1 cm³/mol. The molecule has 3 rings (SSSR count). The van der Waals surface area contributed by atoms with E-state index in [1.807, 2.05) is 0 Å². The molecule has 1 aromatic rings. The van der Waals surface area contributed by atoms with E-state index in [1.165, 1.54) is 32.4 Å². The zero-order valence-corrected chi connectivity index (χ0v) is 15.2. The number of hydrogen-bond acceptors (Lipinski definition) is 7. The highest BCUT2D eigenvalue weighted by Gasteiger charge is 2.47. The van der Waals surface area contributed by atoms with Crippen LogP contribution in [-0.4, -0.2) is 59.9 Å². The van der Waals surface area contributed by atoms with Crippen molar-refractivity contribution in [1.29, 1.82) is 0 Å². The first-order valence-corrected chi connectivity index (χ1v) is 11.1. The molecule has 1 aromatic carbocycles. The van der Waals surface area contributed by atoms with Gasteiger partial charge >= 0.3 is 0 Å². The molecule has 134 valence electrons. The molecule has 0 bridgehead atoms. The second-order valence-corrected chi connectivity index (χ2v) is 10.5. The highest BCUT2D eigenvalue weighted by atomic mass is 32.2. The van der Waals surface area contributed by atoms with Crippen LogP contribution in [0.1, 0.15) is 12.8 Å². The molecule has 7 nitrogen and oxygen atoms in total. The van der Waals surface area contributed by atoms with E-state index < -0.39 is 31.0 Å². The number of methoxy groups -OCH3 is 2. The van der Waals surface area contributed by atoms with Gasteiger partial charge in [-0.25, -0.2) is 16.8 Å². The summed E-state index contributed by atoms with van der Waals surface area (Å²) >= 11 is 0. The fourth-order valence-corrected chi connectivity index (χ4v) is 7.69. The topological polar surface area (TPSA) is 98.8 Å². The third kappa shape index (κ3) is 3.38. The van der Waals surface area contributed by atoms with Crippen LogP contribution in [0.25, 0.3) is 0 Å². The zero-order valence-electron chi connectivity index (χ0n) is 13.6. The highest BCUT2D eigenvalue weighted by Crippen LogP contribution is 2.34. The van der Waals surface area contributed by atoms with Crippen LogP contribution in [0.4, 0.5) is 0 Å². The largest absolute Gasteiger partial charge is 0.493 e. The van der Waals surface area contributed by atoms with Gasteiger partial charge in [-0.2, -0.15) is 0 Å². The van der Waals surface area contributed by atoms with Crippen molar-refractivity contribution in [2.75, 3.05) is 25.7 Å². The van der Waals surface area contributed by atoms with E-state index in [9.17, 15) is 16.8 Å². The Kier molecular flexibility index (Phi) is 4.52. The van der Waals surface area contributed by atoms with Crippen LogP contribution in [0, 0.1) is 0 Å². The summed E-state index contributed by atoms with van der Waals surface area (Å²) in [5, 5.41) is 2.19. The molecule has 1 aliphatic heterocycles. The third-order valence-corrected chi connectivity index (χ3v) is 8.56. The lowest BCUT2D eigenvalue weighted by Gasteiger charge is -2.20. The molecule has 1 aliphatic carbocycles. The second-order valence-electron chi connectivity index (χ2n) is 6.22. The lowest BCUT2D eigenvalue weighted by molar-refractivity contribution is 0.354. The average molecular weight is 375 g/mol. The number of rotatable bonds is 6. The Hall–Kier alpha value is -1.32. The Bertz CT molecular complexity index is 830. The van der Waals surface area contributed by atoms with Crippen molar-refractivity contribution in [3.8, 4) is 11.5 Å². The van der Waals surface area contributed by atoms with Gasteiger partial charge in [-0.05, 0) is 25.0 Å². The van der Waals surface area contributed by atoms with Crippen LogP contribution in [-0.2, 0) is 19.7 Å². The van der Waals surface area contributed by atoms with E-state index in [-0.39, 0.29) is 22.4 Å². The average Bonchev–Trinajstić information content (AvgIpc) is 3.29. The van der Waals surface area contributed by atoms with Crippen molar-refractivity contribution in [2.45, 2.75) is 35.1 Å². The van der Waals surface area contributed by atoms with Crippen LogP contribution in [0.2, 0.25) is 0 Å². The van der Waals surface area contributed by atoms with E-state index in [1.54, 1.807) is 0 Å². The molecule has 2 aliphatic rings. The summed E-state index contributed by atoms with van der Waals surface area (Å²) in [7, 11) is -4.31. The molecule has 0 radical (unpaired) electrons. The molecule has 2 atom stereocenters. The molecular weight excluding hydrogens is 354 g/mol. The Balaban J connectivity index is 1.96. The molecule has 1 heterocycles. The van der Waals surface area contributed by atoms with E-state index in [2.05, 4.69) is 5.32 Å². The predicted octanol–water partition coefficient (Wildman–Crippen LogP) is 0.395. The third-order valence-electron chi connectivity index (χ3n) is 4.41. The SMILES string of the molecule is COc1ccc(S(=O)(=O)[C@H]2CS(=O)(=O)C[C@@H]2NC2CC2)cc1OC. The molecule has 1 N–H and O–H groups in total. The van der Waals surface area contributed by atoms with Crippen LogP contribution in [0.15, 0.2) is 23.1 Å². The minimum atomic E-state index is -3.81. The summed E-state index contributed by atoms with van der Waals surface area (Å²) in [5.41, 5.74) is 0. The van der Waals surface area contributed by atoms with Gasteiger partial charge in [0.25, 0.3) is 0 Å². The summed E-state index contributed by atoms with van der Waals surface area (Å²) in [6.45, 7) is 0. The quantitative estimate of drug-likeness (QED) is 0.768. The van der Waals surface area contributed by atoms with Crippen molar-refractivity contribution in [3.05, 3.63) is 18.2 Å². The zero-order chi connectivity index (χ0) is 17.5. The molecule has 24 heavy (non-hydrogen) atoms. The minimum Gasteiger partial charge on any atom is -0.493 e. The van der Waals surface area contributed by atoms with Crippen molar-refractivity contribution >= 4 is 19.7 Å².